The molecule has 1 fully saturated rings. The minimum atomic E-state index is 0.281. The predicted molar refractivity (Wildman–Crippen MR) is 61.9 cm³/mol. The summed E-state index contributed by atoms with van der Waals surface area (Å²) in [6.45, 7) is 2.48. The van der Waals surface area contributed by atoms with Gasteiger partial charge in [-0.05, 0) is 40.0 Å². The highest BCUT2D eigenvalue weighted by Gasteiger charge is 2.14. The second kappa shape index (κ2) is 4.96. The predicted octanol–water partition coefficient (Wildman–Crippen LogP) is 2.03. The molecule has 1 aliphatic rings. The molecule has 1 aromatic rings. The molecule has 1 heterocycles. The number of phenolic OH excluding ortho intramolecular Hbond substituents is 1. The third-order valence-electron chi connectivity index (χ3n) is 2.54. The molecule has 0 aliphatic carbocycles. The molecule has 2 rings (SSSR count). The van der Waals surface area contributed by atoms with E-state index >= 15 is 0 Å². The Balaban J connectivity index is 1.90. The molecule has 1 atom stereocenters. The Morgan fingerprint density at radius 3 is 3.07 bits per heavy atom. The van der Waals surface area contributed by atoms with Gasteiger partial charge in [0.15, 0.2) is 0 Å². The fraction of sp³-hybridized carbons (Fsp3) is 0.455. The van der Waals surface area contributed by atoms with E-state index in [4.69, 9.17) is 4.74 Å². The van der Waals surface area contributed by atoms with E-state index in [1.807, 2.05) is 12.1 Å². The highest BCUT2D eigenvalue weighted by atomic mass is 79.9. The van der Waals surface area contributed by atoms with Gasteiger partial charge in [-0.25, -0.2) is 0 Å². The molecule has 2 N–H and O–H groups in total. The summed E-state index contributed by atoms with van der Waals surface area (Å²) in [6.07, 6.45) is 1.08. The molecule has 3 nitrogen and oxygen atoms in total. The fourth-order valence-corrected chi connectivity index (χ4v) is 2.04. The van der Waals surface area contributed by atoms with Crippen LogP contribution in [0.1, 0.15) is 12.0 Å². The average Bonchev–Trinajstić information content (AvgIpc) is 2.73. The third-order valence-corrected chi connectivity index (χ3v) is 3.17. The van der Waals surface area contributed by atoms with Crippen LogP contribution < -0.4 is 5.32 Å². The monoisotopic (exact) mass is 271 g/mol. The molecule has 1 saturated heterocycles. The zero-order valence-electron chi connectivity index (χ0n) is 8.37. The van der Waals surface area contributed by atoms with Crippen LogP contribution in [0.4, 0.5) is 0 Å². The molecule has 0 amide bonds. The largest absolute Gasteiger partial charge is 0.507 e. The van der Waals surface area contributed by atoms with Gasteiger partial charge in [0.25, 0.3) is 0 Å². The molecule has 1 aliphatic heterocycles. The van der Waals surface area contributed by atoms with Gasteiger partial charge < -0.3 is 15.2 Å². The van der Waals surface area contributed by atoms with Gasteiger partial charge in [0, 0.05) is 19.2 Å². The van der Waals surface area contributed by atoms with Gasteiger partial charge in [-0.15, -0.1) is 0 Å². The lowest BCUT2D eigenvalue weighted by molar-refractivity contribution is 0.190. The normalized spacial score (nSPS) is 20.7. The van der Waals surface area contributed by atoms with Gasteiger partial charge >= 0.3 is 0 Å². The van der Waals surface area contributed by atoms with Crippen LogP contribution in [-0.4, -0.2) is 24.4 Å². The highest BCUT2D eigenvalue weighted by molar-refractivity contribution is 9.10. The summed E-state index contributed by atoms with van der Waals surface area (Å²) < 4.78 is 6.02. The van der Waals surface area contributed by atoms with Gasteiger partial charge in [0.2, 0.25) is 0 Å². The summed E-state index contributed by atoms with van der Waals surface area (Å²) in [5, 5.41) is 12.8. The van der Waals surface area contributed by atoms with Crippen LogP contribution in [0.5, 0.6) is 5.75 Å². The number of ether oxygens (including phenoxy) is 1. The minimum absolute atomic E-state index is 0.281. The molecule has 15 heavy (non-hydrogen) atoms. The number of halogens is 1. The Hall–Kier alpha value is -0.580. The Morgan fingerprint density at radius 1 is 1.53 bits per heavy atom. The average molecular weight is 272 g/mol. The van der Waals surface area contributed by atoms with Crippen molar-refractivity contribution in [1.82, 2.24) is 5.32 Å². The fourth-order valence-electron chi connectivity index (χ4n) is 1.62. The Bertz CT molecular complexity index is 337. The van der Waals surface area contributed by atoms with E-state index in [0.717, 1.165) is 36.2 Å². The van der Waals surface area contributed by atoms with Crippen molar-refractivity contribution in [2.24, 2.45) is 0 Å². The van der Waals surface area contributed by atoms with Crippen molar-refractivity contribution in [2.75, 3.05) is 13.2 Å². The summed E-state index contributed by atoms with van der Waals surface area (Å²) in [5.41, 5.74) is 1.16. The van der Waals surface area contributed by atoms with E-state index in [9.17, 15) is 5.11 Å². The van der Waals surface area contributed by atoms with Crippen LogP contribution in [0.25, 0.3) is 0 Å². The molecule has 82 valence electrons. The quantitative estimate of drug-likeness (QED) is 0.884. The van der Waals surface area contributed by atoms with Crippen LogP contribution in [0.15, 0.2) is 22.7 Å². The van der Waals surface area contributed by atoms with Crippen LogP contribution >= 0.6 is 15.9 Å². The lowest BCUT2D eigenvalue weighted by Gasteiger charge is -2.10. The summed E-state index contributed by atoms with van der Waals surface area (Å²) in [6, 6.07) is 6.02. The zero-order valence-corrected chi connectivity index (χ0v) is 9.96. The summed E-state index contributed by atoms with van der Waals surface area (Å²) in [7, 11) is 0. The van der Waals surface area contributed by atoms with Crippen LogP contribution in [-0.2, 0) is 11.3 Å². The number of nitrogens with one attached hydrogen (secondary N) is 1. The molecule has 0 bridgehead atoms. The lowest BCUT2D eigenvalue weighted by atomic mass is 10.2. The van der Waals surface area contributed by atoms with Gasteiger partial charge in [0.05, 0.1) is 11.1 Å². The van der Waals surface area contributed by atoms with E-state index in [1.54, 1.807) is 6.07 Å². The number of hydrogen-bond donors (Lipinski definition) is 2. The van der Waals surface area contributed by atoms with Crippen molar-refractivity contribution >= 4 is 15.9 Å². The van der Waals surface area contributed by atoms with Crippen molar-refractivity contribution < 1.29 is 9.84 Å². The van der Waals surface area contributed by atoms with Gasteiger partial charge in [-0.2, -0.15) is 0 Å². The lowest BCUT2D eigenvalue weighted by Crippen LogP contribution is -2.28. The molecular formula is C11H14BrNO2. The van der Waals surface area contributed by atoms with E-state index in [1.165, 1.54) is 0 Å². The first-order valence-electron chi connectivity index (χ1n) is 5.04. The first kappa shape index (κ1) is 10.9. The maximum Gasteiger partial charge on any atom is 0.129 e. The van der Waals surface area contributed by atoms with E-state index < -0.39 is 0 Å². The number of benzene rings is 1. The van der Waals surface area contributed by atoms with Crippen molar-refractivity contribution in [3.8, 4) is 5.75 Å². The van der Waals surface area contributed by atoms with Crippen LogP contribution in [0.2, 0.25) is 0 Å². The number of aromatic hydroxyl groups is 1. The molecule has 0 radical (unpaired) electrons. The van der Waals surface area contributed by atoms with E-state index in [0.29, 0.717) is 6.04 Å². The maximum atomic E-state index is 9.34. The van der Waals surface area contributed by atoms with Crippen LogP contribution in [0, 0.1) is 0 Å². The first-order valence-corrected chi connectivity index (χ1v) is 5.83. The molecule has 0 spiro atoms. The second-order valence-corrected chi connectivity index (χ2v) is 4.58. The molecule has 4 heteroatoms. The summed E-state index contributed by atoms with van der Waals surface area (Å²) in [5.74, 6) is 0.281. The van der Waals surface area contributed by atoms with Gasteiger partial charge in [-0.1, -0.05) is 6.07 Å². The summed E-state index contributed by atoms with van der Waals surface area (Å²) >= 11 is 3.30. The standard InChI is InChI=1S/C11H14BrNO2/c12-10-5-8(1-2-11(10)14)6-13-9-3-4-15-7-9/h1-2,5,9,13-14H,3-4,6-7H2. The molecule has 1 aromatic carbocycles. The maximum absolute atomic E-state index is 9.34. The Morgan fingerprint density at radius 2 is 2.40 bits per heavy atom. The van der Waals surface area contributed by atoms with Crippen molar-refractivity contribution in [2.45, 2.75) is 19.0 Å². The number of hydrogen-bond acceptors (Lipinski definition) is 3. The Kier molecular flexibility index (Phi) is 3.61. The highest BCUT2D eigenvalue weighted by Crippen LogP contribution is 2.24. The molecule has 1 unspecified atom stereocenters. The SMILES string of the molecule is Oc1ccc(CNC2CCOC2)cc1Br. The van der Waals surface area contributed by atoms with Gasteiger partial charge in [0.1, 0.15) is 5.75 Å². The second-order valence-electron chi connectivity index (χ2n) is 3.73. The minimum Gasteiger partial charge on any atom is -0.507 e. The number of phenols is 1. The number of rotatable bonds is 3. The topological polar surface area (TPSA) is 41.5 Å². The van der Waals surface area contributed by atoms with Crippen LogP contribution in [0.3, 0.4) is 0 Å². The molecule has 0 saturated carbocycles. The molecule has 0 aromatic heterocycles. The van der Waals surface area contributed by atoms with Gasteiger partial charge in [-0.3, -0.25) is 0 Å². The van der Waals surface area contributed by atoms with E-state index in [-0.39, 0.29) is 5.75 Å². The molecular weight excluding hydrogens is 258 g/mol. The van der Waals surface area contributed by atoms with E-state index in [2.05, 4.69) is 21.2 Å². The van der Waals surface area contributed by atoms with Crippen molar-refractivity contribution in [3.63, 3.8) is 0 Å². The Labute approximate surface area is 97.6 Å². The third kappa shape index (κ3) is 2.93. The van der Waals surface area contributed by atoms with Crippen molar-refractivity contribution in [1.29, 1.82) is 0 Å². The smallest absolute Gasteiger partial charge is 0.129 e. The zero-order chi connectivity index (χ0) is 10.7. The van der Waals surface area contributed by atoms with Crippen molar-refractivity contribution in [3.05, 3.63) is 28.2 Å². The summed E-state index contributed by atoms with van der Waals surface area (Å²) in [4.78, 5) is 0. The first-order chi connectivity index (χ1) is 7.25.